The van der Waals surface area contributed by atoms with Gasteiger partial charge in [-0.1, -0.05) is 197 Å². The molecule has 0 heterocycles. The number of carbonyl (C=O) groups is 2. The fourth-order valence-corrected chi connectivity index (χ4v) is 7.22. The normalized spacial score (nSPS) is 13.7. The number of phosphoric ester groups is 1. The monoisotopic (exact) mass is 838 g/mol. The first-order valence-corrected chi connectivity index (χ1v) is 25.1. The van der Waals surface area contributed by atoms with E-state index in [4.69, 9.17) is 24.3 Å². The zero-order valence-electron chi connectivity index (χ0n) is 37.3. The van der Waals surface area contributed by atoms with Crippen LogP contribution in [0.15, 0.2) is 48.6 Å². The molecule has 3 N–H and O–H groups in total. The van der Waals surface area contributed by atoms with E-state index < -0.39 is 32.5 Å². The van der Waals surface area contributed by atoms with E-state index in [1.54, 1.807) is 0 Å². The van der Waals surface area contributed by atoms with Gasteiger partial charge in [-0.05, 0) is 51.4 Å². The number of hydrogen-bond donors (Lipinski definition) is 2. The lowest BCUT2D eigenvalue weighted by molar-refractivity contribution is -0.161. The molecule has 0 bridgehead atoms. The number of rotatable bonds is 44. The van der Waals surface area contributed by atoms with Gasteiger partial charge in [-0.25, -0.2) is 4.57 Å². The molecule has 0 saturated heterocycles. The first-order chi connectivity index (χ1) is 28.3. The van der Waals surface area contributed by atoms with Crippen molar-refractivity contribution in [3.63, 3.8) is 0 Å². The number of esters is 2. The summed E-state index contributed by atoms with van der Waals surface area (Å²) >= 11 is 0. The molecule has 338 valence electrons. The quantitative estimate of drug-likeness (QED) is 0.0266. The fraction of sp³-hybridized carbons (Fsp3) is 0.792. The average Bonchev–Trinajstić information content (AvgIpc) is 3.21. The van der Waals surface area contributed by atoms with Crippen molar-refractivity contribution in [2.45, 2.75) is 219 Å². The Balaban J connectivity index is 4.13. The molecule has 0 saturated carbocycles. The Morgan fingerprint density at radius 1 is 0.517 bits per heavy atom. The van der Waals surface area contributed by atoms with Crippen molar-refractivity contribution in [1.82, 2.24) is 0 Å². The van der Waals surface area contributed by atoms with E-state index in [0.29, 0.717) is 12.8 Å². The summed E-state index contributed by atoms with van der Waals surface area (Å²) < 4.78 is 32.8. The number of hydrogen-bond acceptors (Lipinski definition) is 8. The van der Waals surface area contributed by atoms with Crippen molar-refractivity contribution in [3.8, 4) is 0 Å². The summed E-state index contributed by atoms with van der Waals surface area (Å²) in [6.07, 6.45) is 51.4. The highest BCUT2D eigenvalue weighted by atomic mass is 31.2. The van der Waals surface area contributed by atoms with Crippen molar-refractivity contribution >= 4 is 19.8 Å². The number of nitrogens with two attached hydrogens (primary N) is 1. The number of carbonyl (C=O) groups excluding carboxylic acids is 2. The van der Waals surface area contributed by atoms with Crippen LogP contribution in [0.4, 0.5) is 0 Å². The van der Waals surface area contributed by atoms with Crippen LogP contribution >= 0.6 is 7.82 Å². The van der Waals surface area contributed by atoms with Gasteiger partial charge < -0.3 is 20.1 Å². The van der Waals surface area contributed by atoms with E-state index >= 15 is 0 Å². The van der Waals surface area contributed by atoms with Crippen molar-refractivity contribution in [3.05, 3.63) is 48.6 Å². The van der Waals surface area contributed by atoms with E-state index in [9.17, 15) is 19.0 Å². The minimum Gasteiger partial charge on any atom is -0.462 e. The maximum absolute atomic E-state index is 12.6. The molecule has 0 spiro atoms. The molecule has 0 radical (unpaired) electrons. The van der Waals surface area contributed by atoms with Gasteiger partial charge in [0.25, 0.3) is 0 Å². The summed E-state index contributed by atoms with van der Waals surface area (Å²) in [6.45, 7) is 3.65. The summed E-state index contributed by atoms with van der Waals surface area (Å²) in [7, 11) is -4.39. The topological polar surface area (TPSA) is 134 Å². The van der Waals surface area contributed by atoms with Gasteiger partial charge in [-0.2, -0.15) is 0 Å². The van der Waals surface area contributed by atoms with Crippen molar-refractivity contribution < 1.29 is 37.6 Å². The van der Waals surface area contributed by atoms with Crippen LogP contribution in [0.25, 0.3) is 0 Å². The number of phosphoric acid groups is 1. The van der Waals surface area contributed by atoms with Gasteiger partial charge >= 0.3 is 19.8 Å². The molecule has 0 aliphatic heterocycles. The molecule has 0 aromatic carbocycles. The third kappa shape index (κ3) is 43.5. The largest absolute Gasteiger partial charge is 0.472 e. The second-order valence-electron chi connectivity index (χ2n) is 15.6. The maximum atomic E-state index is 12.6. The molecule has 10 heteroatoms. The molecule has 1 unspecified atom stereocenters. The Bertz CT molecular complexity index is 1090. The number of allylic oxidation sites excluding steroid dienone is 8. The Kier molecular flexibility index (Phi) is 43.0. The molecule has 0 aromatic heterocycles. The lowest BCUT2D eigenvalue weighted by Crippen LogP contribution is -2.29. The Labute approximate surface area is 356 Å². The van der Waals surface area contributed by atoms with Crippen molar-refractivity contribution in [1.29, 1.82) is 0 Å². The second-order valence-corrected chi connectivity index (χ2v) is 17.1. The molecule has 0 aliphatic carbocycles. The maximum Gasteiger partial charge on any atom is 0.472 e. The zero-order valence-corrected chi connectivity index (χ0v) is 38.2. The van der Waals surface area contributed by atoms with E-state index in [0.717, 1.165) is 57.8 Å². The first kappa shape index (κ1) is 56.0. The van der Waals surface area contributed by atoms with Gasteiger partial charge in [0, 0.05) is 19.4 Å². The summed E-state index contributed by atoms with van der Waals surface area (Å²) in [6, 6.07) is 0. The minimum absolute atomic E-state index is 0.0485. The summed E-state index contributed by atoms with van der Waals surface area (Å²) in [5.41, 5.74) is 5.35. The molecule has 9 nitrogen and oxygen atoms in total. The van der Waals surface area contributed by atoms with Gasteiger partial charge in [0.1, 0.15) is 6.61 Å². The lowest BCUT2D eigenvalue weighted by atomic mass is 10.0. The summed E-state index contributed by atoms with van der Waals surface area (Å²) in [5, 5.41) is 0. The molecule has 2 atom stereocenters. The van der Waals surface area contributed by atoms with E-state index in [2.05, 4.69) is 62.5 Å². The highest BCUT2D eigenvalue weighted by Crippen LogP contribution is 2.43. The predicted molar refractivity (Wildman–Crippen MR) is 243 cm³/mol. The molecule has 0 amide bonds. The van der Waals surface area contributed by atoms with Gasteiger partial charge in [0.15, 0.2) is 6.10 Å². The van der Waals surface area contributed by atoms with Crippen LogP contribution < -0.4 is 5.73 Å². The van der Waals surface area contributed by atoms with E-state index in [-0.39, 0.29) is 32.6 Å². The third-order valence-corrected chi connectivity index (χ3v) is 10.9. The molecule has 0 rings (SSSR count). The van der Waals surface area contributed by atoms with Gasteiger partial charge in [0.2, 0.25) is 0 Å². The highest BCUT2D eigenvalue weighted by Gasteiger charge is 2.26. The smallest absolute Gasteiger partial charge is 0.462 e. The van der Waals surface area contributed by atoms with Crippen LogP contribution in [0.3, 0.4) is 0 Å². The molecular formula is C48H88NO8P. The second kappa shape index (κ2) is 44.5. The van der Waals surface area contributed by atoms with Crippen LogP contribution in [0.2, 0.25) is 0 Å². The average molecular weight is 838 g/mol. The molecule has 0 aliphatic rings. The number of ether oxygens (including phenoxy) is 2. The van der Waals surface area contributed by atoms with Crippen LogP contribution in [0.5, 0.6) is 0 Å². The van der Waals surface area contributed by atoms with Crippen molar-refractivity contribution in [2.75, 3.05) is 26.4 Å². The van der Waals surface area contributed by atoms with Crippen LogP contribution in [0.1, 0.15) is 213 Å². The van der Waals surface area contributed by atoms with Crippen LogP contribution in [0, 0.1) is 0 Å². The Morgan fingerprint density at radius 3 is 1.40 bits per heavy atom. The molecule has 0 fully saturated rings. The molecular weight excluding hydrogens is 750 g/mol. The summed E-state index contributed by atoms with van der Waals surface area (Å²) in [5.74, 6) is -0.859. The predicted octanol–water partition coefficient (Wildman–Crippen LogP) is 13.9. The van der Waals surface area contributed by atoms with E-state index in [1.807, 2.05) is 0 Å². The Morgan fingerprint density at radius 2 is 0.931 bits per heavy atom. The molecule has 0 aromatic rings. The van der Waals surface area contributed by atoms with Gasteiger partial charge in [-0.3, -0.25) is 18.6 Å². The zero-order chi connectivity index (χ0) is 42.5. The SMILES string of the molecule is CCC/C=C/C/C=C/C/C=C/C/C=C/CCCCCC(=O)OC[C@H](COP(=O)(O)OCCN)OC(=O)CCCCCCCCCCCCCCCCCCCCCC. The van der Waals surface area contributed by atoms with Crippen molar-refractivity contribution in [2.24, 2.45) is 5.73 Å². The minimum atomic E-state index is -4.39. The fourth-order valence-electron chi connectivity index (χ4n) is 6.45. The Hall–Kier alpha value is -2.03. The summed E-state index contributed by atoms with van der Waals surface area (Å²) in [4.78, 5) is 34.9. The third-order valence-electron chi connectivity index (χ3n) is 9.95. The molecule has 58 heavy (non-hydrogen) atoms. The first-order valence-electron chi connectivity index (χ1n) is 23.6. The van der Waals surface area contributed by atoms with Gasteiger partial charge in [-0.15, -0.1) is 0 Å². The van der Waals surface area contributed by atoms with Gasteiger partial charge in [0.05, 0.1) is 13.2 Å². The van der Waals surface area contributed by atoms with Crippen LogP contribution in [-0.4, -0.2) is 49.3 Å². The lowest BCUT2D eigenvalue weighted by Gasteiger charge is -2.19. The number of unbranched alkanes of at least 4 members (excludes halogenated alkanes) is 23. The van der Waals surface area contributed by atoms with E-state index in [1.165, 1.54) is 116 Å². The highest BCUT2D eigenvalue weighted by molar-refractivity contribution is 7.47. The standard InChI is InChI=1S/C48H88NO8P/c1-3-5-7-9-11-13-15-17-19-21-22-23-25-27-29-31-33-35-37-39-41-48(51)57-46(45-56-58(52,53)55-43-42-49)44-54-47(50)40-38-36-34-32-30-28-26-24-20-18-16-14-12-10-8-6-4-2/h8,10,14,16,20,24,28,30,46H,3-7,9,11-13,15,17-19,21-23,25-27,29,31-45,49H2,1-2H3,(H,52,53)/b10-8+,16-14+,24-20+,30-28+/t46-/m1/s1. The van der Waals surface area contributed by atoms with Crippen LogP contribution in [-0.2, 0) is 32.7 Å².